The number of nitriles is 1. The van der Waals surface area contributed by atoms with Crippen LogP contribution in [0.15, 0.2) is 32.8 Å². The molecule has 0 aromatic carbocycles. The van der Waals surface area contributed by atoms with Crippen LogP contribution < -0.4 is 5.56 Å². The van der Waals surface area contributed by atoms with Gasteiger partial charge in [-0.1, -0.05) is 25.6 Å². The Morgan fingerprint density at radius 3 is 3.00 bits per heavy atom. The molecular formula is C15H16N4O2S. The smallest absolute Gasteiger partial charge is 0.273 e. The lowest BCUT2D eigenvalue weighted by Gasteiger charge is -2.30. The third-order valence-electron chi connectivity index (χ3n) is 3.34. The summed E-state index contributed by atoms with van der Waals surface area (Å²) in [6.07, 6.45) is 1.51. The van der Waals surface area contributed by atoms with Crippen LogP contribution in [0.4, 0.5) is 0 Å². The topological polar surface area (TPSA) is 75.1 Å². The van der Waals surface area contributed by atoms with Crippen molar-refractivity contribution < 1.29 is 4.42 Å². The molecule has 0 radical (unpaired) electrons. The van der Waals surface area contributed by atoms with E-state index in [-0.39, 0.29) is 11.1 Å². The molecule has 22 heavy (non-hydrogen) atoms. The van der Waals surface area contributed by atoms with Gasteiger partial charge in [-0.2, -0.15) is 5.26 Å². The summed E-state index contributed by atoms with van der Waals surface area (Å²) in [6.45, 7) is 5.66. The minimum Gasteiger partial charge on any atom is -0.463 e. The second-order valence-electron chi connectivity index (χ2n) is 5.60. The number of aromatic nitrogens is 2. The van der Waals surface area contributed by atoms with Gasteiger partial charge in [-0.15, -0.1) is 0 Å². The number of hydrogen-bond acceptors (Lipinski definition) is 6. The van der Waals surface area contributed by atoms with Gasteiger partial charge in [0.25, 0.3) is 5.56 Å². The molecule has 2 aromatic rings. The maximum atomic E-state index is 12.6. The first-order valence-electron chi connectivity index (χ1n) is 7.04. The molecule has 1 aliphatic rings. The highest BCUT2D eigenvalue weighted by Gasteiger charge is 2.24. The highest BCUT2D eigenvalue weighted by molar-refractivity contribution is 7.99. The van der Waals surface area contributed by atoms with Crippen LogP contribution in [-0.2, 0) is 6.67 Å². The summed E-state index contributed by atoms with van der Waals surface area (Å²) in [5, 5.41) is 9.98. The Hall–Kier alpha value is -2.04. The molecule has 0 amide bonds. The molecule has 0 N–H and O–H groups in total. The van der Waals surface area contributed by atoms with Crippen LogP contribution in [0.25, 0.3) is 11.5 Å². The zero-order valence-electron chi connectivity index (χ0n) is 12.4. The van der Waals surface area contributed by atoms with Crippen molar-refractivity contribution in [3.05, 3.63) is 34.3 Å². The van der Waals surface area contributed by atoms with E-state index in [1.165, 1.54) is 18.0 Å². The quantitative estimate of drug-likeness (QED) is 0.809. The SMILES string of the molecule is CC(C)CN1CSc2nc(-c3ccco3)c(C#N)c(=O)n2C1. The Balaban J connectivity index is 2.06. The van der Waals surface area contributed by atoms with E-state index in [4.69, 9.17) is 4.42 Å². The number of furan rings is 1. The van der Waals surface area contributed by atoms with E-state index in [1.54, 1.807) is 16.7 Å². The maximum absolute atomic E-state index is 12.6. The standard InChI is InChI=1S/C15H16N4O2S/c1-10(2)7-18-8-19-14(20)11(6-16)13(12-4-3-5-21-12)17-15(19)22-9-18/h3-5,10H,7-9H2,1-2H3. The summed E-state index contributed by atoms with van der Waals surface area (Å²) in [6, 6.07) is 5.40. The second kappa shape index (κ2) is 5.99. The lowest BCUT2D eigenvalue weighted by molar-refractivity contribution is 0.207. The van der Waals surface area contributed by atoms with Crippen LogP contribution in [0, 0.1) is 17.2 Å². The molecule has 0 unspecified atom stereocenters. The molecule has 2 aromatic heterocycles. The predicted molar refractivity (Wildman–Crippen MR) is 83.2 cm³/mol. The summed E-state index contributed by atoms with van der Waals surface area (Å²) >= 11 is 1.51. The Labute approximate surface area is 132 Å². The van der Waals surface area contributed by atoms with E-state index in [0.717, 1.165) is 12.4 Å². The molecule has 0 saturated carbocycles. The van der Waals surface area contributed by atoms with Crippen molar-refractivity contribution in [1.29, 1.82) is 5.26 Å². The molecule has 0 aliphatic carbocycles. The maximum Gasteiger partial charge on any atom is 0.273 e. The minimum absolute atomic E-state index is 0.0331. The van der Waals surface area contributed by atoms with Crippen molar-refractivity contribution in [2.75, 3.05) is 12.4 Å². The van der Waals surface area contributed by atoms with Crippen molar-refractivity contribution in [2.24, 2.45) is 5.92 Å². The van der Waals surface area contributed by atoms with Gasteiger partial charge < -0.3 is 4.42 Å². The monoisotopic (exact) mass is 316 g/mol. The molecule has 3 rings (SSSR count). The van der Waals surface area contributed by atoms with Crippen molar-refractivity contribution >= 4 is 11.8 Å². The number of hydrogen-bond donors (Lipinski definition) is 0. The third kappa shape index (κ3) is 2.67. The Morgan fingerprint density at radius 1 is 1.55 bits per heavy atom. The fourth-order valence-electron chi connectivity index (χ4n) is 2.48. The van der Waals surface area contributed by atoms with Crippen molar-refractivity contribution in [3.63, 3.8) is 0 Å². The zero-order valence-corrected chi connectivity index (χ0v) is 13.3. The first-order chi connectivity index (χ1) is 10.6. The number of fused-ring (bicyclic) bond motifs is 1. The Kier molecular flexibility index (Phi) is 4.05. The average molecular weight is 316 g/mol. The summed E-state index contributed by atoms with van der Waals surface area (Å²) in [5.74, 6) is 1.75. The minimum atomic E-state index is -0.306. The van der Waals surface area contributed by atoms with Crippen LogP contribution in [0.1, 0.15) is 19.4 Å². The Morgan fingerprint density at radius 2 is 2.36 bits per heavy atom. The first-order valence-corrected chi connectivity index (χ1v) is 8.02. The van der Waals surface area contributed by atoms with Gasteiger partial charge >= 0.3 is 0 Å². The van der Waals surface area contributed by atoms with Gasteiger partial charge in [0.15, 0.2) is 10.9 Å². The Bertz CT molecular complexity index is 774. The summed E-state index contributed by atoms with van der Waals surface area (Å²) in [5.41, 5.74) is 0.0547. The largest absolute Gasteiger partial charge is 0.463 e. The molecule has 0 saturated heterocycles. The average Bonchev–Trinajstić information content (AvgIpc) is 3.01. The van der Waals surface area contributed by atoms with Crippen LogP contribution >= 0.6 is 11.8 Å². The molecule has 6 nitrogen and oxygen atoms in total. The highest BCUT2D eigenvalue weighted by Crippen LogP contribution is 2.27. The van der Waals surface area contributed by atoms with Crippen LogP contribution in [-0.4, -0.2) is 26.9 Å². The van der Waals surface area contributed by atoms with E-state index in [9.17, 15) is 10.1 Å². The fourth-order valence-corrected chi connectivity index (χ4v) is 3.42. The van der Waals surface area contributed by atoms with Crippen molar-refractivity contribution in [1.82, 2.24) is 14.5 Å². The molecular weight excluding hydrogens is 300 g/mol. The second-order valence-corrected chi connectivity index (χ2v) is 6.51. The van der Waals surface area contributed by atoms with Gasteiger partial charge in [-0.3, -0.25) is 14.3 Å². The third-order valence-corrected chi connectivity index (χ3v) is 4.41. The number of rotatable bonds is 3. The predicted octanol–water partition coefficient (Wildman–Crippen LogP) is 2.35. The number of nitrogens with zero attached hydrogens (tertiary/aromatic N) is 4. The van der Waals surface area contributed by atoms with Gasteiger partial charge in [-0.05, 0) is 18.1 Å². The molecule has 0 atom stereocenters. The first kappa shape index (κ1) is 14.9. The molecule has 0 bridgehead atoms. The summed E-state index contributed by atoms with van der Waals surface area (Å²) in [4.78, 5) is 19.3. The highest BCUT2D eigenvalue weighted by atomic mass is 32.2. The summed E-state index contributed by atoms with van der Waals surface area (Å²) in [7, 11) is 0. The molecule has 114 valence electrons. The van der Waals surface area contributed by atoms with E-state index >= 15 is 0 Å². The van der Waals surface area contributed by atoms with Crippen LogP contribution in [0.3, 0.4) is 0 Å². The zero-order chi connectivity index (χ0) is 15.7. The molecule has 7 heteroatoms. The number of thioether (sulfide) groups is 1. The summed E-state index contributed by atoms with van der Waals surface area (Å²) < 4.78 is 6.87. The van der Waals surface area contributed by atoms with Crippen LogP contribution in [0.2, 0.25) is 0 Å². The fraction of sp³-hybridized carbons (Fsp3) is 0.400. The normalized spacial score (nSPS) is 14.8. The lowest BCUT2D eigenvalue weighted by atomic mass is 10.2. The van der Waals surface area contributed by atoms with Crippen molar-refractivity contribution in [3.8, 4) is 17.5 Å². The molecule has 3 heterocycles. The van der Waals surface area contributed by atoms with Crippen LogP contribution in [0.5, 0.6) is 0 Å². The van der Waals surface area contributed by atoms with Gasteiger partial charge in [-0.25, -0.2) is 4.98 Å². The molecule has 0 fully saturated rings. The van der Waals surface area contributed by atoms with E-state index in [1.807, 2.05) is 6.07 Å². The van der Waals surface area contributed by atoms with E-state index in [0.29, 0.717) is 29.2 Å². The van der Waals surface area contributed by atoms with Gasteiger partial charge in [0.1, 0.15) is 17.3 Å². The van der Waals surface area contributed by atoms with Gasteiger partial charge in [0, 0.05) is 6.54 Å². The molecule has 0 spiro atoms. The van der Waals surface area contributed by atoms with E-state index in [2.05, 4.69) is 23.7 Å². The lowest BCUT2D eigenvalue weighted by Crippen LogP contribution is -2.40. The van der Waals surface area contributed by atoms with Crippen molar-refractivity contribution in [2.45, 2.75) is 25.7 Å². The van der Waals surface area contributed by atoms with Gasteiger partial charge in [0.05, 0.1) is 18.8 Å². The van der Waals surface area contributed by atoms with Gasteiger partial charge in [0.2, 0.25) is 0 Å². The molecule has 1 aliphatic heterocycles. The van der Waals surface area contributed by atoms with E-state index < -0.39 is 0 Å².